The Kier molecular flexibility index (Phi) is 8.44. The molecule has 0 fully saturated rings. The fourth-order valence-electron chi connectivity index (χ4n) is 4.96. The maximum Gasteiger partial charge on any atom is 0.411 e. The van der Waals surface area contributed by atoms with E-state index >= 15 is 0 Å². The van der Waals surface area contributed by atoms with Crippen LogP contribution in [0.3, 0.4) is 0 Å². The predicted molar refractivity (Wildman–Crippen MR) is 161 cm³/mol. The third-order valence-corrected chi connectivity index (χ3v) is 6.88. The molecule has 0 aliphatic rings. The Morgan fingerprint density at radius 1 is 0.810 bits per heavy atom. The number of carbonyl (C=O) groups is 2. The van der Waals surface area contributed by atoms with Crippen LogP contribution in [0.5, 0.6) is 17.2 Å². The van der Waals surface area contributed by atoms with E-state index < -0.39 is 12.0 Å². The zero-order valence-corrected chi connectivity index (χ0v) is 23.4. The standard InChI is InChI=1S/C32H31N3O7/c1-39-27-16-20-15-26(33-28(20)30(41-3)29(27)40-2)31(37)34-24-17-25(22-12-8-7-11-21(22)23(24)13-14-36)35-32(38)42-18-19-9-5-4-6-10-19/h4-12,15-17,33,36H,13-14,18H2,1-3H3,(H,34,37)(H,35,38). The molecule has 0 unspecified atom stereocenters. The number of aliphatic hydroxyl groups excluding tert-OH is 1. The van der Waals surface area contributed by atoms with Crippen molar-refractivity contribution in [3.05, 3.63) is 89.6 Å². The zero-order valence-electron chi connectivity index (χ0n) is 23.4. The van der Waals surface area contributed by atoms with Crippen molar-refractivity contribution in [2.45, 2.75) is 13.0 Å². The van der Waals surface area contributed by atoms with Gasteiger partial charge in [-0.05, 0) is 41.1 Å². The molecule has 10 heteroatoms. The number of rotatable bonds is 10. The first kappa shape index (κ1) is 28.3. The summed E-state index contributed by atoms with van der Waals surface area (Å²) in [5.41, 5.74) is 3.30. The summed E-state index contributed by atoms with van der Waals surface area (Å²) >= 11 is 0. The largest absolute Gasteiger partial charge is 0.493 e. The van der Waals surface area contributed by atoms with Crippen LogP contribution in [0, 0.1) is 0 Å². The SMILES string of the molecule is COc1cc2cc(C(=O)Nc3cc(NC(=O)OCc4ccccc4)c4ccccc4c3CCO)[nH]c2c(OC)c1OC. The molecule has 42 heavy (non-hydrogen) atoms. The fourth-order valence-corrected chi connectivity index (χ4v) is 4.96. The van der Waals surface area contributed by atoms with E-state index in [0.717, 1.165) is 21.9 Å². The zero-order chi connectivity index (χ0) is 29.6. The third-order valence-electron chi connectivity index (χ3n) is 6.88. The Balaban J connectivity index is 1.49. The Bertz CT molecular complexity index is 1750. The van der Waals surface area contributed by atoms with Gasteiger partial charge in [0.1, 0.15) is 12.3 Å². The quantitative estimate of drug-likeness (QED) is 0.165. The molecule has 0 bridgehead atoms. The minimum atomic E-state index is -0.637. The summed E-state index contributed by atoms with van der Waals surface area (Å²) in [6.07, 6.45) is -0.356. The molecule has 0 radical (unpaired) electrons. The van der Waals surface area contributed by atoms with E-state index in [1.165, 1.54) is 21.3 Å². The van der Waals surface area contributed by atoms with E-state index in [0.29, 0.717) is 39.5 Å². The first-order chi connectivity index (χ1) is 20.5. The Morgan fingerprint density at radius 2 is 1.52 bits per heavy atom. The molecular weight excluding hydrogens is 538 g/mol. The van der Waals surface area contributed by atoms with E-state index in [4.69, 9.17) is 18.9 Å². The molecule has 0 spiro atoms. The number of aromatic amines is 1. The number of anilines is 2. The number of nitrogens with one attached hydrogen (secondary N) is 3. The number of H-pyrrole nitrogens is 1. The van der Waals surface area contributed by atoms with Crippen molar-refractivity contribution in [3.63, 3.8) is 0 Å². The molecule has 4 N–H and O–H groups in total. The van der Waals surface area contributed by atoms with E-state index in [-0.39, 0.29) is 25.3 Å². The number of hydrogen-bond acceptors (Lipinski definition) is 7. The molecule has 0 saturated heterocycles. The summed E-state index contributed by atoms with van der Waals surface area (Å²) < 4.78 is 21.9. The van der Waals surface area contributed by atoms with Crippen molar-refractivity contribution < 1.29 is 33.6 Å². The van der Waals surface area contributed by atoms with Gasteiger partial charge in [-0.2, -0.15) is 0 Å². The number of carbonyl (C=O) groups excluding carboxylic acids is 2. The van der Waals surface area contributed by atoms with Gasteiger partial charge in [-0.3, -0.25) is 10.1 Å². The van der Waals surface area contributed by atoms with E-state index in [1.807, 2.05) is 54.6 Å². The number of ether oxygens (including phenoxy) is 4. The normalized spacial score (nSPS) is 10.9. The molecule has 1 heterocycles. The molecule has 0 aliphatic carbocycles. The smallest absolute Gasteiger partial charge is 0.411 e. The fraction of sp³-hybridized carbons (Fsp3) is 0.188. The second-order valence-corrected chi connectivity index (χ2v) is 9.40. The van der Waals surface area contributed by atoms with Gasteiger partial charge in [0.25, 0.3) is 5.91 Å². The molecular formula is C32H31N3O7. The Labute approximate surface area is 242 Å². The number of fused-ring (bicyclic) bond motifs is 2. The van der Waals surface area contributed by atoms with Gasteiger partial charge in [-0.25, -0.2) is 4.79 Å². The van der Waals surface area contributed by atoms with Crippen molar-refractivity contribution >= 4 is 45.1 Å². The number of amides is 2. The highest BCUT2D eigenvalue weighted by atomic mass is 16.5. The summed E-state index contributed by atoms with van der Waals surface area (Å²) in [4.78, 5) is 29.4. The van der Waals surface area contributed by atoms with Crippen LogP contribution in [0.1, 0.15) is 21.6 Å². The van der Waals surface area contributed by atoms with Gasteiger partial charge in [0.05, 0.1) is 32.5 Å². The predicted octanol–water partition coefficient (Wildman–Crippen LogP) is 5.88. The maximum absolute atomic E-state index is 13.6. The van der Waals surface area contributed by atoms with Crippen molar-refractivity contribution in [1.82, 2.24) is 4.98 Å². The van der Waals surface area contributed by atoms with Gasteiger partial charge in [-0.15, -0.1) is 0 Å². The van der Waals surface area contributed by atoms with Crippen molar-refractivity contribution in [2.75, 3.05) is 38.6 Å². The van der Waals surface area contributed by atoms with Gasteiger partial charge >= 0.3 is 6.09 Å². The van der Waals surface area contributed by atoms with Crippen LogP contribution in [0.2, 0.25) is 0 Å². The first-order valence-corrected chi connectivity index (χ1v) is 13.2. The highest BCUT2D eigenvalue weighted by Crippen LogP contribution is 2.43. The molecule has 2 amide bonds. The van der Waals surface area contributed by atoms with Crippen LogP contribution < -0.4 is 24.8 Å². The summed E-state index contributed by atoms with van der Waals surface area (Å²) in [6, 6.07) is 21.9. The number of benzene rings is 4. The lowest BCUT2D eigenvalue weighted by molar-refractivity contribution is 0.102. The van der Waals surface area contributed by atoms with Gasteiger partial charge in [0.15, 0.2) is 11.5 Å². The molecule has 1 aromatic heterocycles. The van der Waals surface area contributed by atoms with Crippen LogP contribution >= 0.6 is 0 Å². The van der Waals surface area contributed by atoms with Gasteiger partial charge in [0, 0.05) is 23.1 Å². The van der Waals surface area contributed by atoms with Crippen LogP contribution in [0.25, 0.3) is 21.7 Å². The lowest BCUT2D eigenvalue weighted by Crippen LogP contribution is -2.17. The topological polar surface area (TPSA) is 131 Å². The lowest BCUT2D eigenvalue weighted by atomic mass is 9.98. The lowest BCUT2D eigenvalue weighted by Gasteiger charge is -2.17. The molecule has 0 saturated carbocycles. The molecule has 4 aromatic carbocycles. The number of aromatic nitrogens is 1. The average molecular weight is 570 g/mol. The monoisotopic (exact) mass is 569 g/mol. The van der Waals surface area contributed by atoms with Crippen LogP contribution in [-0.4, -0.2) is 50.0 Å². The number of hydrogen-bond donors (Lipinski definition) is 4. The van der Waals surface area contributed by atoms with E-state index in [9.17, 15) is 14.7 Å². The number of methoxy groups -OCH3 is 3. The van der Waals surface area contributed by atoms with Crippen molar-refractivity contribution in [2.24, 2.45) is 0 Å². The van der Waals surface area contributed by atoms with E-state index in [1.54, 1.807) is 18.2 Å². The molecule has 5 aromatic rings. The Morgan fingerprint density at radius 3 is 2.21 bits per heavy atom. The number of aliphatic hydroxyl groups is 1. The second kappa shape index (κ2) is 12.5. The second-order valence-electron chi connectivity index (χ2n) is 9.40. The summed E-state index contributed by atoms with van der Waals surface area (Å²) in [6.45, 7) is -0.0296. The van der Waals surface area contributed by atoms with Crippen LogP contribution in [0.4, 0.5) is 16.2 Å². The molecule has 10 nitrogen and oxygen atoms in total. The van der Waals surface area contributed by atoms with Crippen molar-refractivity contribution in [1.29, 1.82) is 0 Å². The highest BCUT2D eigenvalue weighted by molar-refractivity contribution is 6.11. The summed E-state index contributed by atoms with van der Waals surface area (Å²) in [5, 5.41) is 17.8. The molecule has 0 atom stereocenters. The molecule has 5 rings (SSSR count). The van der Waals surface area contributed by atoms with E-state index in [2.05, 4.69) is 15.6 Å². The van der Waals surface area contributed by atoms with Gasteiger partial charge < -0.3 is 34.4 Å². The van der Waals surface area contributed by atoms with Crippen LogP contribution in [-0.2, 0) is 17.8 Å². The van der Waals surface area contributed by atoms with Gasteiger partial charge in [0.2, 0.25) is 5.75 Å². The Hall–Kier alpha value is -5.22. The minimum Gasteiger partial charge on any atom is -0.493 e. The minimum absolute atomic E-state index is 0.107. The van der Waals surface area contributed by atoms with Gasteiger partial charge in [-0.1, -0.05) is 54.6 Å². The summed E-state index contributed by atoms with van der Waals surface area (Å²) in [7, 11) is 4.54. The van der Waals surface area contributed by atoms with Crippen molar-refractivity contribution in [3.8, 4) is 17.2 Å². The summed E-state index contributed by atoms with van der Waals surface area (Å²) in [5.74, 6) is 0.828. The highest BCUT2D eigenvalue weighted by Gasteiger charge is 2.21. The van der Waals surface area contributed by atoms with Crippen LogP contribution in [0.15, 0.2) is 72.8 Å². The maximum atomic E-state index is 13.6. The first-order valence-electron chi connectivity index (χ1n) is 13.2. The third kappa shape index (κ3) is 5.65. The molecule has 0 aliphatic heterocycles. The average Bonchev–Trinajstić information content (AvgIpc) is 3.45. The molecule has 216 valence electrons.